The number of rotatable bonds is 27. The Bertz CT molecular complexity index is 802. The number of carbonyl (C=O) groups is 3. The van der Waals surface area contributed by atoms with Gasteiger partial charge in [0, 0.05) is 6.54 Å². The number of nitrogens with zero attached hydrogens (tertiary/aromatic N) is 1. The van der Waals surface area contributed by atoms with E-state index in [0.717, 1.165) is 4.90 Å². The Hall–Kier alpha value is -1.21. The second kappa shape index (κ2) is 25.0. The molecule has 0 aromatic carbocycles. The topological polar surface area (TPSA) is 150 Å². The summed E-state index contributed by atoms with van der Waals surface area (Å²) in [5.41, 5.74) is -0.517. The zero-order valence-electron chi connectivity index (χ0n) is 25.3. The van der Waals surface area contributed by atoms with Crippen LogP contribution in [-0.4, -0.2) is 147 Å². The van der Waals surface area contributed by atoms with E-state index in [4.69, 9.17) is 42.6 Å². The van der Waals surface area contributed by atoms with E-state index in [9.17, 15) is 14.4 Å². The molecule has 16 heteroatoms. The molecule has 0 atom stereocenters. The summed E-state index contributed by atoms with van der Waals surface area (Å²) in [5.74, 6) is -0.754. The molecule has 1 heterocycles. The van der Waals surface area contributed by atoms with E-state index in [-0.39, 0.29) is 33.9 Å². The molecule has 3 amide bonds. The molecular weight excluding hydrogens is 704 g/mol. The number of ether oxygens (including phenoxy) is 9. The van der Waals surface area contributed by atoms with Crippen molar-refractivity contribution in [2.75, 3.05) is 119 Å². The lowest BCUT2D eigenvalue weighted by molar-refractivity contribution is -0.137. The predicted molar refractivity (Wildman–Crippen MR) is 162 cm³/mol. The molecule has 43 heavy (non-hydrogen) atoms. The number of carbonyl (C=O) groups excluding carboxylic acids is 3. The highest BCUT2D eigenvalue weighted by molar-refractivity contribution is 9.14. The quantitative estimate of drug-likeness (QED) is 0.0968. The first kappa shape index (κ1) is 39.8. The Kier molecular flexibility index (Phi) is 23.2. The smallest absolute Gasteiger partial charge is 0.407 e. The molecule has 0 fully saturated rings. The van der Waals surface area contributed by atoms with Gasteiger partial charge in [-0.1, -0.05) is 0 Å². The molecular formula is C27H46Br2N2O12. The fourth-order valence-corrected chi connectivity index (χ4v) is 3.82. The van der Waals surface area contributed by atoms with E-state index >= 15 is 0 Å². The molecule has 0 spiro atoms. The minimum absolute atomic E-state index is 0.178. The number of amides is 3. The van der Waals surface area contributed by atoms with Gasteiger partial charge < -0.3 is 47.9 Å². The highest BCUT2D eigenvalue weighted by Crippen LogP contribution is 2.29. The van der Waals surface area contributed by atoms with E-state index in [1.807, 2.05) is 20.8 Å². The second-order valence-electron chi connectivity index (χ2n) is 9.72. The summed E-state index contributed by atoms with van der Waals surface area (Å²) in [7, 11) is 0. The lowest BCUT2D eigenvalue weighted by Gasteiger charge is -2.19. The third kappa shape index (κ3) is 21.2. The number of halogens is 2. The zero-order valence-corrected chi connectivity index (χ0v) is 28.5. The molecule has 250 valence electrons. The van der Waals surface area contributed by atoms with Crippen molar-refractivity contribution in [1.82, 2.24) is 10.2 Å². The minimum Gasteiger partial charge on any atom is -0.444 e. The number of nitrogens with one attached hydrogen (secondary N) is 1. The van der Waals surface area contributed by atoms with Gasteiger partial charge in [-0.25, -0.2) is 4.79 Å². The monoisotopic (exact) mass is 748 g/mol. The van der Waals surface area contributed by atoms with Crippen LogP contribution in [0.3, 0.4) is 0 Å². The largest absolute Gasteiger partial charge is 0.444 e. The Morgan fingerprint density at radius 3 is 1.21 bits per heavy atom. The Morgan fingerprint density at radius 2 is 0.884 bits per heavy atom. The molecule has 0 aliphatic carbocycles. The van der Waals surface area contributed by atoms with Gasteiger partial charge >= 0.3 is 6.09 Å². The Labute approximate surface area is 270 Å². The first-order valence-corrected chi connectivity index (χ1v) is 15.7. The first-order chi connectivity index (χ1) is 20.6. The van der Waals surface area contributed by atoms with Crippen molar-refractivity contribution in [3.63, 3.8) is 0 Å². The molecule has 0 bridgehead atoms. The third-order valence-corrected chi connectivity index (χ3v) is 7.04. The summed E-state index contributed by atoms with van der Waals surface area (Å²) in [4.78, 5) is 36.3. The molecule has 0 saturated carbocycles. The van der Waals surface area contributed by atoms with E-state index < -0.39 is 11.7 Å². The van der Waals surface area contributed by atoms with Crippen LogP contribution in [0.5, 0.6) is 0 Å². The van der Waals surface area contributed by atoms with Gasteiger partial charge in [0.2, 0.25) is 0 Å². The lowest BCUT2D eigenvalue weighted by atomic mass is 10.2. The van der Waals surface area contributed by atoms with E-state index in [0.29, 0.717) is 106 Å². The fourth-order valence-electron chi connectivity index (χ4n) is 3.06. The summed E-state index contributed by atoms with van der Waals surface area (Å²) in [5, 5.41) is 2.62. The van der Waals surface area contributed by atoms with Gasteiger partial charge in [0.05, 0.1) is 112 Å². The van der Waals surface area contributed by atoms with Crippen LogP contribution < -0.4 is 5.32 Å². The van der Waals surface area contributed by atoms with Crippen molar-refractivity contribution in [3.05, 3.63) is 8.96 Å². The summed E-state index contributed by atoms with van der Waals surface area (Å²) >= 11 is 6.16. The lowest BCUT2D eigenvalue weighted by Crippen LogP contribution is -2.34. The van der Waals surface area contributed by atoms with Crippen LogP contribution in [0.25, 0.3) is 0 Å². The molecule has 1 rings (SSSR count). The van der Waals surface area contributed by atoms with Crippen LogP contribution in [0.2, 0.25) is 0 Å². The van der Waals surface area contributed by atoms with E-state index in [2.05, 4.69) is 37.2 Å². The van der Waals surface area contributed by atoms with Gasteiger partial charge in [-0.05, 0) is 52.6 Å². The Balaban J connectivity index is 1.70. The fraction of sp³-hybridized carbons (Fsp3) is 0.815. The molecule has 0 unspecified atom stereocenters. The van der Waals surface area contributed by atoms with Gasteiger partial charge in [0.15, 0.2) is 0 Å². The van der Waals surface area contributed by atoms with Crippen molar-refractivity contribution in [1.29, 1.82) is 0 Å². The molecule has 1 N–H and O–H groups in total. The van der Waals surface area contributed by atoms with Crippen LogP contribution in [0.1, 0.15) is 20.8 Å². The average Bonchev–Trinajstić information content (AvgIpc) is 3.13. The van der Waals surface area contributed by atoms with Crippen molar-refractivity contribution in [2.24, 2.45) is 0 Å². The van der Waals surface area contributed by atoms with Crippen LogP contribution >= 0.6 is 31.9 Å². The first-order valence-electron chi connectivity index (χ1n) is 14.1. The number of hydrogen-bond acceptors (Lipinski definition) is 12. The maximum Gasteiger partial charge on any atom is 0.407 e. The van der Waals surface area contributed by atoms with Crippen molar-refractivity contribution in [3.8, 4) is 0 Å². The maximum absolute atomic E-state index is 11.9. The van der Waals surface area contributed by atoms with Crippen LogP contribution in [0.4, 0.5) is 4.79 Å². The predicted octanol–water partition coefficient (Wildman–Crippen LogP) is 2.01. The Morgan fingerprint density at radius 1 is 0.581 bits per heavy atom. The number of imide groups is 1. The van der Waals surface area contributed by atoms with Crippen molar-refractivity contribution in [2.45, 2.75) is 26.4 Å². The maximum atomic E-state index is 11.9. The molecule has 14 nitrogen and oxygen atoms in total. The average molecular weight is 750 g/mol. The summed E-state index contributed by atoms with van der Waals surface area (Å²) < 4.78 is 48.9. The summed E-state index contributed by atoms with van der Waals surface area (Å²) in [6.45, 7) is 12.8. The van der Waals surface area contributed by atoms with Gasteiger partial charge in [-0.15, -0.1) is 0 Å². The summed E-state index contributed by atoms with van der Waals surface area (Å²) in [6, 6.07) is 0. The zero-order chi connectivity index (χ0) is 31.8. The van der Waals surface area contributed by atoms with Gasteiger partial charge in [-0.2, -0.15) is 0 Å². The van der Waals surface area contributed by atoms with Crippen LogP contribution in [0, 0.1) is 0 Å². The van der Waals surface area contributed by atoms with Crippen LogP contribution in [-0.2, 0) is 52.2 Å². The minimum atomic E-state index is -0.517. The highest BCUT2D eigenvalue weighted by Gasteiger charge is 2.35. The number of hydrogen-bond donors (Lipinski definition) is 1. The SMILES string of the molecule is CC(C)(C)OC(=O)NCCOCCOCCOCCOCCOCCOCCOCCOCCN1C(=O)C(Br)=C(Br)C1=O. The van der Waals surface area contributed by atoms with E-state index in [1.54, 1.807) is 0 Å². The number of alkyl carbamates (subject to hydrolysis) is 1. The third-order valence-electron chi connectivity index (χ3n) is 5.04. The van der Waals surface area contributed by atoms with Gasteiger partial charge in [-0.3, -0.25) is 14.5 Å². The second-order valence-corrected chi connectivity index (χ2v) is 11.3. The van der Waals surface area contributed by atoms with Crippen LogP contribution in [0.15, 0.2) is 8.96 Å². The van der Waals surface area contributed by atoms with Crippen molar-refractivity contribution < 1.29 is 57.0 Å². The molecule has 1 aliphatic heterocycles. The summed E-state index contributed by atoms with van der Waals surface area (Å²) in [6.07, 6.45) is -0.460. The molecule has 0 aromatic rings. The van der Waals surface area contributed by atoms with Crippen molar-refractivity contribution >= 4 is 49.8 Å². The molecule has 0 radical (unpaired) electrons. The standard InChI is InChI=1S/C27H46Br2N2O12/c1-27(2,3)43-26(34)30-4-6-35-8-10-37-12-14-39-16-18-41-20-21-42-19-17-40-15-13-38-11-9-36-7-5-31-24(32)22(28)23(29)25(31)33/h4-21H2,1-3H3,(H,30,34). The van der Waals surface area contributed by atoms with Gasteiger partial charge in [0.1, 0.15) is 14.6 Å². The molecule has 1 aliphatic rings. The van der Waals surface area contributed by atoms with Gasteiger partial charge in [0.25, 0.3) is 11.8 Å². The molecule has 0 saturated heterocycles. The van der Waals surface area contributed by atoms with E-state index in [1.165, 1.54) is 0 Å². The highest BCUT2D eigenvalue weighted by atomic mass is 79.9. The molecule has 0 aromatic heterocycles. The normalized spacial score (nSPS) is 13.8.